The number of carbonyl (C=O) groups is 1. The number of carbonyl (C=O) groups excluding carboxylic acids is 1. The first-order valence-electron chi connectivity index (χ1n) is 6.24. The van der Waals surface area contributed by atoms with E-state index in [9.17, 15) is 4.79 Å². The van der Waals surface area contributed by atoms with E-state index in [2.05, 4.69) is 15.2 Å². The van der Waals surface area contributed by atoms with Crippen molar-refractivity contribution in [3.05, 3.63) is 48.3 Å². The summed E-state index contributed by atoms with van der Waals surface area (Å²) in [5.41, 5.74) is 0.619. The molecule has 0 aliphatic heterocycles. The van der Waals surface area contributed by atoms with E-state index < -0.39 is 0 Å². The van der Waals surface area contributed by atoms with Crippen LogP contribution in [0.25, 0.3) is 5.78 Å². The van der Waals surface area contributed by atoms with Crippen LogP contribution in [0.15, 0.2) is 47.9 Å². The molecule has 106 valence electrons. The molecule has 0 bridgehead atoms. The number of ether oxygens (including phenoxy) is 1. The summed E-state index contributed by atoms with van der Waals surface area (Å²) < 4.78 is 6.87. The minimum atomic E-state index is 0.0135. The van der Waals surface area contributed by atoms with E-state index >= 15 is 0 Å². The summed E-state index contributed by atoms with van der Waals surface area (Å²) in [6.45, 7) is 0. The molecule has 0 saturated carbocycles. The number of aromatic nitrogens is 4. The molecule has 0 fully saturated rings. The fourth-order valence-corrected chi connectivity index (χ4v) is 2.64. The third-order valence-electron chi connectivity index (χ3n) is 2.88. The van der Waals surface area contributed by atoms with Crippen LogP contribution in [0.2, 0.25) is 0 Å². The van der Waals surface area contributed by atoms with E-state index in [0.29, 0.717) is 22.2 Å². The number of Topliss-reactive ketones (excluding diaryl/α,β-unsaturated/α-hetero) is 1. The molecule has 0 radical (unpaired) electrons. The quantitative estimate of drug-likeness (QED) is 0.531. The van der Waals surface area contributed by atoms with Gasteiger partial charge in [0.25, 0.3) is 5.78 Å². The Morgan fingerprint density at radius 1 is 1.33 bits per heavy atom. The van der Waals surface area contributed by atoms with Crippen molar-refractivity contribution in [2.24, 2.45) is 0 Å². The summed E-state index contributed by atoms with van der Waals surface area (Å²) in [6.07, 6.45) is 3.47. The molecule has 2 heterocycles. The Labute approximate surface area is 125 Å². The zero-order chi connectivity index (χ0) is 14.7. The Morgan fingerprint density at radius 2 is 2.24 bits per heavy atom. The number of hydrogen-bond acceptors (Lipinski definition) is 6. The van der Waals surface area contributed by atoms with Gasteiger partial charge < -0.3 is 4.74 Å². The van der Waals surface area contributed by atoms with E-state index in [-0.39, 0.29) is 11.5 Å². The molecule has 0 amide bonds. The molecule has 0 unspecified atom stereocenters. The number of benzene rings is 1. The Hall–Kier alpha value is -2.41. The van der Waals surface area contributed by atoms with Gasteiger partial charge in [0.15, 0.2) is 10.9 Å². The number of rotatable bonds is 5. The van der Waals surface area contributed by atoms with E-state index in [1.165, 1.54) is 11.8 Å². The van der Waals surface area contributed by atoms with Crippen molar-refractivity contribution in [2.75, 3.05) is 12.9 Å². The lowest BCUT2D eigenvalue weighted by atomic mass is 10.1. The first-order chi connectivity index (χ1) is 10.3. The van der Waals surface area contributed by atoms with Crippen LogP contribution in [0.4, 0.5) is 0 Å². The average molecular weight is 300 g/mol. The standard InChI is InChI=1S/C14H12N4O2S/c1-20-11-5-2-4-10(8-11)12(19)9-21-14-17-16-13-15-6-3-7-18(13)14/h2-8H,9H2,1H3. The second-order valence-corrected chi connectivity index (χ2v) is 5.16. The molecule has 3 aromatic rings. The van der Waals surface area contributed by atoms with Gasteiger partial charge in [-0.2, -0.15) is 0 Å². The number of hydrogen-bond donors (Lipinski definition) is 0. The Balaban J connectivity index is 1.73. The molecular weight excluding hydrogens is 288 g/mol. The molecule has 21 heavy (non-hydrogen) atoms. The number of fused-ring (bicyclic) bond motifs is 1. The van der Waals surface area contributed by atoms with Crippen molar-refractivity contribution in [3.8, 4) is 5.75 Å². The first-order valence-corrected chi connectivity index (χ1v) is 7.22. The number of ketones is 1. The molecule has 0 aliphatic rings. The molecule has 0 spiro atoms. The van der Waals surface area contributed by atoms with Gasteiger partial charge in [-0.25, -0.2) is 4.98 Å². The van der Waals surface area contributed by atoms with Crippen LogP contribution in [-0.2, 0) is 0 Å². The first kappa shape index (κ1) is 13.6. The highest BCUT2D eigenvalue weighted by Gasteiger charge is 2.11. The summed E-state index contributed by atoms with van der Waals surface area (Å²) in [7, 11) is 1.58. The van der Waals surface area contributed by atoms with Crippen molar-refractivity contribution >= 4 is 23.3 Å². The number of nitrogens with zero attached hydrogens (tertiary/aromatic N) is 4. The Bertz CT molecular complexity index is 787. The van der Waals surface area contributed by atoms with Crippen molar-refractivity contribution in [1.82, 2.24) is 19.6 Å². The molecular formula is C14H12N4O2S. The lowest BCUT2D eigenvalue weighted by Crippen LogP contribution is -2.03. The monoisotopic (exact) mass is 300 g/mol. The molecule has 0 saturated heterocycles. The molecule has 0 aliphatic carbocycles. The molecule has 1 aromatic carbocycles. The third-order valence-corrected chi connectivity index (χ3v) is 3.82. The summed E-state index contributed by atoms with van der Waals surface area (Å²) in [4.78, 5) is 16.3. The predicted molar refractivity (Wildman–Crippen MR) is 78.8 cm³/mol. The molecule has 6 nitrogen and oxygen atoms in total. The van der Waals surface area contributed by atoms with Gasteiger partial charge in [0.2, 0.25) is 0 Å². The normalized spacial score (nSPS) is 10.7. The number of methoxy groups -OCH3 is 1. The Morgan fingerprint density at radius 3 is 3.10 bits per heavy atom. The highest BCUT2D eigenvalue weighted by atomic mass is 32.2. The SMILES string of the molecule is COc1cccc(C(=O)CSc2nnc3ncccn23)c1. The molecule has 0 N–H and O–H groups in total. The van der Waals surface area contributed by atoms with Crippen LogP contribution in [0, 0.1) is 0 Å². The lowest BCUT2D eigenvalue weighted by Gasteiger charge is -2.03. The van der Waals surface area contributed by atoms with Crippen LogP contribution in [-0.4, -0.2) is 38.2 Å². The van der Waals surface area contributed by atoms with Crippen LogP contribution >= 0.6 is 11.8 Å². The minimum absolute atomic E-state index is 0.0135. The van der Waals surface area contributed by atoms with E-state index in [1.54, 1.807) is 42.0 Å². The molecule has 7 heteroatoms. The van der Waals surface area contributed by atoms with Gasteiger partial charge in [-0.3, -0.25) is 9.20 Å². The summed E-state index contributed by atoms with van der Waals surface area (Å²) in [5, 5.41) is 8.63. The summed E-state index contributed by atoms with van der Waals surface area (Å²) in [5.74, 6) is 1.49. The average Bonchev–Trinajstić information content (AvgIpc) is 2.96. The van der Waals surface area contributed by atoms with Crippen molar-refractivity contribution < 1.29 is 9.53 Å². The van der Waals surface area contributed by atoms with Gasteiger partial charge >= 0.3 is 0 Å². The zero-order valence-corrected chi connectivity index (χ0v) is 12.1. The van der Waals surface area contributed by atoms with E-state index in [1.807, 2.05) is 12.3 Å². The second kappa shape index (κ2) is 5.92. The van der Waals surface area contributed by atoms with Crippen LogP contribution in [0.5, 0.6) is 5.75 Å². The third kappa shape index (κ3) is 2.87. The van der Waals surface area contributed by atoms with Crippen LogP contribution < -0.4 is 4.74 Å². The van der Waals surface area contributed by atoms with Crippen LogP contribution in [0.1, 0.15) is 10.4 Å². The number of thioether (sulfide) groups is 1. The highest BCUT2D eigenvalue weighted by Crippen LogP contribution is 2.19. The maximum Gasteiger partial charge on any atom is 0.255 e. The summed E-state index contributed by atoms with van der Waals surface area (Å²) >= 11 is 1.33. The van der Waals surface area contributed by atoms with Gasteiger partial charge in [0.05, 0.1) is 12.9 Å². The maximum absolute atomic E-state index is 12.2. The largest absolute Gasteiger partial charge is 0.497 e. The Kier molecular flexibility index (Phi) is 3.83. The zero-order valence-electron chi connectivity index (χ0n) is 11.3. The van der Waals surface area contributed by atoms with Crippen molar-refractivity contribution in [2.45, 2.75) is 5.16 Å². The van der Waals surface area contributed by atoms with Gasteiger partial charge in [0, 0.05) is 18.0 Å². The second-order valence-electron chi connectivity index (χ2n) is 4.22. The fourth-order valence-electron chi connectivity index (χ4n) is 1.83. The van der Waals surface area contributed by atoms with Gasteiger partial charge in [0.1, 0.15) is 5.75 Å². The smallest absolute Gasteiger partial charge is 0.255 e. The summed E-state index contributed by atoms with van der Waals surface area (Å²) in [6, 6.07) is 8.90. The topological polar surface area (TPSA) is 69.4 Å². The predicted octanol–water partition coefficient (Wildman–Crippen LogP) is 2.11. The van der Waals surface area contributed by atoms with E-state index in [4.69, 9.17) is 4.74 Å². The lowest BCUT2D eigenvalue weighted by molar-refractivity contribution is 0.102. The maximum atomic E-state index is 12.2. The fraction of sp³-hybridized carbons (Fsp3) is 0.143. The van der Waals surface area contributed by atoms with Gasteiger partial charge in [-0.1, -0.05) is 23.9 Å². The minimum Gasteiger partial charge on any atom is -0.497 e. The molecule has 2 aromatic heterocycles. The van der Waals surface area contributed by atoms with E-state index in [0.717, 1.165) is 0 Å². The van der Waals surface area contributed by atoms with Gasteiger partial charge in [-0.05, 0) is 18.2 Å². The molecule has 3 rings (SSSR count). The van der Waals surface area contributed by atoms with Crippen molar-refractivity contribution in [1.29, 1.82) is 0 Å². The van der Waals surface area contributed by atoms with Crippen molar-refractivity contribution in [3.63, 3.8) is 0 Å². The van der Waals surface area contributed by atoms with Gasteiger partial charge in [-0.15, -0.1) is 10.2 Å². The molecule has 0 atom stereocenters. The highest BCUT2D eigenvalue weighted by molar-refractivity contribution is 7.99. The van der Waals surface area contributed by atoms with Crippen LogP contribution in [0.3, 0.4) is 0 Å².